The van der Waals surface area contributed by atoms with E-state index in [1.165, 1.54) is 11.1 Å². The quantitative estimate of drug-likeness (QED) is 0.327. The van der Waals surface area contributed by atoms with Crippen LogP contribution in [-0.2, 0) is 17.8 Å². The minimum absolute atomic E-state index is 0.0894. The molecule has 0 heterocycles. The zero-order valence-electron chi connectivity index (χ0n) is 20.3. The average molecular weight is 459 g/mol. The molecule has 4 rings (SSSR count). The highest BCUT2D eigenvalue weighted by Gasteiger charge is 2.31. The number of fused-ring (bicyclic) bond motifs is 1. The first-order valence-corrected chi connectivity index (χ1v) is 12.2. The Labute approximate surface area is 202 Å². The standard InChI is InChI=1S/C30H34O4/c1-4-5-14-33-29-13-6-20(2)15-28(29)23-9-7-22(8-10-23)19-34-25-11-12-26-24(17-25)16-21(3)27(26)18-30(31)32/h6-13,15,17,21,27H,4-5,14,16,18-19H2,1-3H3,(H,31,32). The van der Waals surface area contributed by atoms with Crippen LogP contribution in [-0.4, -0.2) is 17.7 Å². The number of hydrogen-bond acceptors (Lipinski definition) is 3. The first-order valence-electron chi connectivity index (χ1n) is 12.2. The summed E-state index contributed by atoms with van der Waals surface area (Å²) in [6.45, 7) is 7.61. The number of hydrogen-bond donors (Lipinski definition) is 1. The van der Waals surface area contributed by atoms with Crippen molar-refractivity contribution in [3.05, 3.63) is 82.9 Å². The number of aryl methyl sites for hydroxylation is 1. The molecule has 178 valence electrons. The predicted octanol–water partition coefficient (Wildman–Crippen LogP) is 7.17. The van der Waals surface area contributed by atoms with E-state index in [4.69, 9.17) is 9.47 Å². The van der Waals surface area contributed by atoms with Crippen molar-refractivity contribution in [2.45, 2.75) is 59.0 Å². The van der Waals surface area contributed by atoms with Crippen molar-refractivity contribution in [1.29, 1.82) is 0 Å². The molecule has 0 bridgehead atoms. The molecule has 1 aliphatic rings. The molecule has 4 heteroatoms. The second-order valence-electron chi connectivity index (χ2n) is 9.43. The molecule has 0 aromatic heterocycles. The Kier molecular flexibility index (Phi) is 7.56. The van der Waals surface area contributed by atoms with Crippen LogP contribution in [0.5, 0.6) is 11.5 Å². The molecular formula is C30H34O4. The number of rotatable bonds is 10. The Hall–Kier alpha value is -3.27. The van der Waals surface area contributed by atoms with Crippen LogP contribution < -0.4 is 9.47 Å². The van der Waals surface area contributed by atoms with Crippen molar-refractivity contribution in [2.75, 3.05) is 6.61 Å². The summed E-state index contributed by atoms with van der Waals surface area (Å²) in [5.41, 5.74) is 6.93. The maximum absolute atomic E-state index is 11.2. The van der Waals surface area contributed by atoms with Gasteiger partial charge in [-0.15, -0.1) is 0 Å². The van der Waals surface area contributed by atoms with E-state index in [1.807, 2.05) is 12.1 Å². The van der Waals surface area contributed by atoms with E-state index in [-0.39, 0.29) is 12.3 Å². The Bertz CT molecular complexity index is 1130. The topological polar surface area (TPSA) is 55.8 Å². The second-order valence-corrected chi connectivity index (χ2v) is 9.43. The fourth-order valence-corrected chi connectivity index (χ4v) is 4.77. The van der Waals surface area contributed by atoms with Gasteiger partial charge in [-0.05, 0) is 78.1 Å². The van der Waals surface area contributed by atoms with Gasteiger partial charge in [-0.25, -0.2) is 0 Å². The number of benzene rings is 3. The van der Waals surface area contributed by atoms with Crippen molar-refractivity contribution in [1.82, 2.24) is 0 Å². The van der Waals surface area contributed by atoms with Crippen LogP contribution in [0, 0.1) is 12.8 Å². The fourth-order valence-electron chi connectivity index (χ4n) is 4.77. The largest absolute Gasteiger partial charge is 0.493 e. The number of carboxylic acid groups (broad SMARTS) is 1. The molecule has 1 N–H and O–H groups in total. The van der Waals surface area contributed by atoms with E-state index in [2.05, 4.69) is 69.3 Å². The van der Waals surface area contributed by atoms with Gasteiger partial charge in [0.15, 0.2) is 0 Å². The molecule has 0 spiro atoms. The number of aliphatic carboxylic acids is 1. The van der Waals surface area contributed by atoms with Crippen LogP contribution in [0.1, 0.15) is 61.3 Å². The zero-order valence-corrected chi connectivity index (χ0v) is 20.3. The van der Waals surface area contributed by atoms with E-state index in [0.29, 0.717) is 12.5 Å². The van der Waals surface area contributed by atoms with Gasteiger partial charge in [-0.1, -0.05) is 62.2 Å². The van der Waals surface area contributed by atoms with Crippen LogP contribution in [0.15, 0.2) is 60.7 Å². The van der Waals surface area contributed by atoms with Crippen molar-refractivity contribution in [3.63, 3.8) is 0 Å². The zero-order chi connectivity index (χ0) is 24.1. The van der Waals surface area contributed by atoms with E-state index < -0.39 is 5.97 Å². The molecule has 1 aliphatic carbocycles. The molecule has 3 aromatic rings. The minimum atomic E-state index is -0.737. The smallest absolute Gasteiger partial charge is 0.303 e. The molecule has 3 aromatic carbocycles. The maximum Gasteiger partial charge on any atom is 0.303 e. The fraction of sp³-hybridized carbons (Fsp3) is 0.367. The summed E-state index contributed by atoms with van der Waals surface area (Å²) in [5, 5.41) is 9.22. The lowest BCUT2D eigenvalue weighted by molar-refractivity contribution is -0.137. The van der Waals surface area contributed by atoms with Gasteiger partial charge in [0.25, 0.3) is 0 Å². The van der Waals surface area contributed by atoms with E-state index >= 15 is 0 Å². The highest BCUT2D eigenvalue weighted by Crippen LogP contribution is 2.41. The van der Waals surface area contributed by atoms with Crippen molar-refractivity contribution in [2.24, 2.45) is 5.92 Å². The lowest BCUT2D eigenvalue weighted by atomic mass is 9.91. The van der Waals surface area contributed by atoms with Gasteiger partial charge >= 0.3 is 5.97 Å². The van der Waals surface area contributed by atoms with Crippen LogP contribution in [0.25, 0.3) is 11.1 Å². The Balaban J connectivity index is 1.42. The van der Waals surface area contributed by atoms with Gasteiger partial charge < -0.3 is 14.6 Å². The van der Waals surface area contributed by atoms with Gasteiger partial charge in [0.05, 0.1) is 13.0 Å². The number of unbranched alkanes of at least 4 members (excludes halogenated alkanes) is 1. The lowest BCUT2D eigenvalue weighted by Gasteiger charge is -2.14. The van der Waals surface area contributed by atoms with E-state index in [0.717, 1.165) is 59.6 Å². The van der Waals surface area contributed by atoms with Crippen molar-refractivity contribution in [3.8, 4) is 22.6 Å². The van der Waals surface area contributed by atoms with Crippen molar-refractivity contribution < 1.29 is 19.4 Å². The summed E-state index contributed by atoms with van der Waals surface area (Å²) < 4.78 is 12.1. The molecule has 0 fully saturated rings. The van der Waals surface area contributed by atoms with E-state index in [9.17, 15) is 9.90 Å². The molecule has 0 saturated carbocycles. The molecule has 0 saturated heterocycles. The Morgan fingerprint density at radius 2 is 1.82 bits per heavy atom. The maximum atomic E-state index is 11.2. The molecule has 2 unspecified atom stereocenters. The summed E-state index contributed by atoms with van der Waals surface area (Å²) in [7, 11) is 0. The van der Waals surface area contributed by atoms with Gasteiger partial charge in [0.1, 0.15) is 18.1 Å². The third-order valence-electron chi connectivity index (χ3n) is 6.70. The summed E-state index contributed by atoms with van der Waals surface area (Å²) >= 11 is 0. The minimum Gasteiger partial charge on any atom is -0.493 e. The highest BCUT2D eigenvalue weighted by atomic mass is 16.5. The van der Waals surface area contributed by atoms with Crippen LogP contribution in [0.2, 0.25) is 0 Å². The normalized spacial score (nSPS) is 16.8. The van der Waals surface area contributed by atoms with Gasteiger partial charge in [0.2, 0.25) is 0 Å². The van der Waals surface area contributed by atoms with Gasteiger partial charge in [0, 0.05) is 5.56 Å². The SMILES string of the molecule is CCCCOc1ccc(C)cc1-c1ccc(COc2ccc3c(c2)CC(C)C3CC(=O)O)cc1. The Morgan fingerprint density at radius 3 is 2.56 bits per heavy atom. The number of ether oxygens (including phenoxy) is 2. The third kappa shape index (κ3) is 5.61. The predicted molar refractivity (Wildman–Crippen MR) is 136 cm³/mol. The molecule has 0 amide bonds. The third-order valence-corrected chi connectivity index (χ3v) is 6.70. The second kappa shape index (κ2) is 10.8. The van der Waals surface area contributed by atoms with Crippen molar-refractivity contribution >= 4 is 5.97 Å². The van der Waals surface area contributed by atoms with Crippen LogP contribution in [0.3, 0.4) is 0 Å². The van der Waals surface area contributed by atoms with Crippen LogP contribution >= 0.6 is 0 Å². The van der Waals surface area contributed by atoms with Crippen LogP contribution in [0.4, 0.5) is 0 Å². The number of carboxylic acids is 1. The first kappa shape index (κ1) is 23.9. The monoisotopic (exact) mass is 458 g/mol. The average Bonchev–Trinajstić information content (AvgIpc) is 3.13. The molecule has 4 nitrogen and oxygen atoms in total. The lowest BCUT2D eigenvalue weighted by Crippen LogP contribution is -2.09. The molecule has 0 radical (unpaired) electrons. The number of carbonyl (C=O) groups is 1. The Morgan fingerprint density at radius 1 is 1.03 bits per heavy atom. The molecular weight excluding hydrogens is 424 g/mol. The summed E-state index contributed by atoms with van der Waals surface area (Å²) in [4.78, 5) is 11.2. The molecule has 2 atom stereocenters. The molecule has 0 aliphatic heterocycles. The highest BCUT2D eigenvalue weighted by molar-refractivity contribution is 5.71. The first-order chi connectivity index (χ1) is 16.4. The summed E-state index contributed by atoms with van der Waals surface area (Å²) in [5.74, 6) is 1.45. The molecule has 34 heavy (non-hydrogen) atoms. The van der Waals surface area contributed by atoms with Gasteiger partial charge in [-0.3, -0.25) is 4.79 Å². The van der Waals surface area contributed by atoms with E-state index in [1.54, 1.807) is 0 Å². The van der Waals surface area contributed by atoms with Gasteiger partial charge in [-0.2, -0.15) is 0 Å². The summed E-state index contributed by atoms with van der Waals surface area (Å²) in [6.07, 6.45) is 3.25. The summed E-state index contributed by atoms with van der Waals surface area (Å²) in [6, 6.07) is 20.9.